The Hall–Kier alpha value is -1.77. The molecule has 0 unspecified atom stereocenters. The molecular weight excluding hydrogens is 406 g/mol. The van der Waals surface area contributed by atoms with Crippen molar-refractivity contribution in [1.82, 2.24) is 15.0 Å². The Balaban J connectivity index is 1.84. The van der Waals surface area contributed by atoms with E-state index in [1.54, 1.807) is 29.4 Å². The van der Waals surface area contributed by atoms with Gasteiger partial charge in [-0.2, -0.15) is 0 Å². The lowest BCUT2D eigenvalue weighted by atomic mass is 9.88. The molecule has 1 aliphatic rings. The lowest BCUT2D eigenvalue weighted by Gasteiger charge is -2.33. The highest BCUT2D eigenvalue weighted by atomic mass is 32.2. The summed E-state index contributed by atoms with van der Waals surface area (Å²) in [6.45, 7) is 7.06. The number of hydrogen-bond acceptors (Lipinski definition) is 8. The van der Waals surface area contributed by atoms with E-state index in [1.807, 2.05) is 0 Å². The SMILES string of the molecule is CCCc1nc2sc3c(SCCC(=O)OC)ncnc3c2c2c1COC(C)(C)C2. The van der Waals surface area contributed by atoms with Gasteiger partial charge in [-0.15, -0.1) is 23.1 Å². The van der Waals surface area contributed by atoms with Crippen molar-refractivity contribution in [1.29, 1.82) is 0 Å². The molecule has 0 aliphatic carbocycles. The molecule has 29 heavy (non-hydrogen) atoms. The summed E-state index contributed by atoms with van der Waals surface area (Å²) >= 11 is 3.22. The van der Waals surface area contributed by atoms with Crippen molar-refractivity contribution in [2.24, 2.45) is 0 Å². The molecule has 4 rings (SSSR count). The van der Waals surface area contributed by atoms with E-state index in [4.69, 9.17) is 14.5 Å². The fraction of sp³-hybridized carbons (Fsp3) is 0.524. The van der Waals surface area contributed by atoms with Crippen molar-refractivity contribution >= 4 is 49.5 Å². The van der Waals surface area contributed by atoms with Gasteiger partial charge in [0.15, 0.2) is 0 Å². The quantitative estimate of drug-likeness (QED) is 0.318. The monoisotopic (exact) mass is 431 g/mol. The number of aryl methyl sites for hydroxylation is 1. The first-order chi connectivity index (χ1) is 13.9. The van der Waals surface area contributed by atoms with Crippen molar-refractivity contribution in [3.05, 3.63) is 23.1 Å². The van der Waals surface area contributed by atoms with Crippen LogP contribution < -0.4 is 0 Å². The number of esters is 1. The smallest absolute Gasteiger partial charge is 0.306 e. The highest BCUT2D eigenvalue weighted by Gasteiger charge is 2.31. The highest BCUT2D eigenvalue weighted by molar-refractivity contribution is 7.99. The number of thioether (sulfide) groups is 1. The minimum Gasteiger partial charge on any atom is -0.469 e. The van der Waals surface area contributed by atoms with E-state index < -0.39 is 0 Å². The second-order valence-electron chi connectivity index (χ2n) is 7.80. The fourth-order valence-corrected chi connectivity index (χ4v) is 5.91. The molecule has 0 bridgehead atoms. The Morgan fingerprint density at radius 2 is 2.17 bits per heavy atom. The number of ether oxygens (including phenoxy) is 2. The van der Waals surface area contributed by atoms with Crippen molar-refractivity contribution in [2.75, 3.05) is 12.9 Å². The van der Waals surface area contributed by atoms with E-state index in [2.05, 4.69) is 30.7 Å². The van der Waals surface area contributed by atoms with E-state index in [1.165, 1.54) is 18.2 Å². The number of nitrogens with zero attached hydrogens (tertiary/aromatic N) is 3. The molecule has 8 heteroatoms. The first-order valence-electron chi connectivity index (χ1n) is 9.85. The van der Waals surface area contributed by atoms with Gasteiger partial charge in [0, 0.05) is 28.8 Å². The fourth-order valence-electron chi connectivity index (χ4n) is 3.73. The first-order valence-corrected chi connectivity index (χ1v) is 11.6. The summed E-state index contributed by atoms with van der Waals surface area (Å²) < 4.78 is 11.9. The Labute approximate surface area is 178 Å². The van der Waals surface area contributed by atoms with Gasteiger partial charge in [0.05, 0.1) is 36.0 Å². The molecule has 0 amide bonds. The minimum atomic E-state index is -0.207. The van der Waals surface area contributed by atoms with Gasteiger partial charge in [0.25, 0.3) is 0 Å². The van der Waals surface area contributed by atoms with Crippen LogP contribution in [0.15, 0.2) is 11.4 Å². The summed E-state index contributed by atoms with van der Waals surface area (Å²) in [5.41, 5.74) is 4.46. The standard InChI is InChI=1S/C21H25N3O3S2/c1-5-6-14-13-10-27-21(2,3)9-12(13)16-17-18(29-19(16)24-14)20(23-11-22-17)28-8-7-15(25)26-4/h11H,5-10H2,1-4H3. The maximum atomic E-state index is 11.4. The van der Waals surface area contributed by atoms with Crippen molar-refractivity contribution in [2.45, 2.75) is 63.7 Å². The van der Waals surface area contributed by atoms with Crippen molar-refractivity contribution < 1.29 is 14.3 Å². The predicted octanol–water partition coefficient (Wildman–Crippen LogP) is 4.70. The molecule has 0 radical (unpaired) electrons. The van der Waals surface area contributed by atoms with Gasteiger partial charge in [0.2, 0.25) is 0 Å². The zero-order valence-corrected chi connectivity index (χ0v) is 18.8. The van der Waals surface area contributed by atoms with Crippen LogP contribution in [0.25, 0.3) is 20.4 Å². The Morgan fingerprint density at radius 3 is 2.93 bits per heavy atom. The number of carbonyl (C=O) groups excluding carboxylic acids is 1. The number of fused-ring (bicyclic) bond motifs is 5. The molecule has 0 N–H and O–H groups in total. The lowest BCUT2D eigenvalue weighted by molar-refractivity contribution is -0.140. The molecule has 154 valence electrons. The third-order valence-electron chi connectivity index (χ3n) is 5.14. The van der Waals surface area contributed by atoms with Gasteiger partial charge < -0.3 is 9.47 Å². The third-order valence-corrected chi connectivity index (χ3v) is 7.34. The minimum absolute atomic E-state index is 0.204. The summed E-state index contributed by atoms with van der Waals surface area (Å²) in [5, 5.41) is 2.05. The molecule has 0 atom stereocenters. The van der Waals surface area contributed by atoms with Crippen LogP contribution in [0, 0.1) is 0 Å². The van der Waals surface area contributed by atoms with Gasteiger partial charge in [0.1, 0.15) is 16.2 Å². The summed E-state index contributed by atoms with van der Waals surface area (Å²) in [7, 11) is 1.41. The first kappa shape index (κ1) is 20.5. The molecule has 3 aromatic rings. The Morgan fingerprint density at radius 1 is 1.34 bits per heavy atom. The average Bonchev–Trinajstić information content (AvgIpc) is 3.06. The van der Waals surface area contributed by atoms with Gasteiger partial charge in [-0.05, 0) is 25.8 Å². The maximum absolute atomic E-state index is 11.4. The van der Waals surface area contributed by atoms with E-state index in [0.717, 1.165) is 50.4 Å². The van der Waals surface area contributed by atoms with Crippen LogP contribution in [-0.4, -0.2) is 39.4 Å². The van der Waals surface area contributed by atoms with Crippen LogP contribution in [0.5, 0.6) is 0 Å². The number of rotatable bonds is 6. The van der Waals surface area contributed by atoms with Gasteiger partial charge in [-0.25, -0.2) is 15.0 Å². The third kappa shape index (κ3) is 3.98. The molecule has 0 fully saturated rings. The van der Waals surface area contributed by atoms with Crippen LogP contribution in [0.3, 0.4) is 0 Å². The molecule has 0 spiro atoms. The number of carbonyl (C=O) groups is 1. The average molecular weight is 432 g/mol. The van der Waals surface area contributed by atoms with Crippen molar-refractivity contribution in [3.63, 3.8) is 0 Å². The van der Waals surface area contributed by atoms with Gasteiger partial charge in [-0.1, -0.05) is 13.3 Å². The van der Waals surface area contributed by atoms with Gasteiger partial charge in [-0.3, -0.25) is 4.79 Å². The van der Waals surface area contributed by atoms with Crippen LogP contribution in [0.2, 0.25) is 0 Å². The molecule has 6 nitrogen and oxygen atoms in total. The second kappa shape index (κ2) is 8.16. The number of pyridine rings is 1. The Bertz CT molecular complexity index is 1080. The summed E-state index contributed by atoms with van der Waals surface area (Å²) in [6.07, 6.45) is 4.82. The zero-order valence-electron chi connectivity index (χ0n) is 17.2. The molecule has 4 heterocycles. The highest BCUT2D eigenvalue weighted by Crippen LogP contribution is 2.42. The lowest BCUT2D eigenvalue weighted by Crippen LogP contribution is -2.32. The molecule has 0 saturated carbocycles. The molecule has 0 aromatic carbocycles. The Kier molecular flexibility index (Phi) is 5.77. The van der Waals surface area contributed by atoms with Crippen LogP contribution in [0.1, 0.15) is 50.4 Å². The van der Waals surface area contributed by atoms with Crippen LogP contribution >= 0.6 is 23.1 Å². The summed E-state index contributed by atoms with van der Waals surface area (Å²) in [4.78, 5) is 26.6. The van der Waals surface area contributed by atoms with Crippen LogP contribution in [-0.2, 0) is 33.7 Å². The molecular formula is C21H25N3O3S2. The number of hydrogen-bond donors (Lipinski definition) is 0. The van der Waals surface area contributed by atoms with E-state index in [-0.39, 0.29) is 11.6 Å². The predicted molar refractivity (Wildman–Crippen MR) is 117 cm³/mol. The van der Waals surface area contributed by atoms with Crippen molar-refractivity contribution in [3.8, 4) is 0 Å². The topological polar surface area (TPSA) is 74.2 Å². The molecule has 0 saturated heterocycles. The van der Waals surface area contributed by atoms with E-state index in [0.29, 0.717) is 18.8 Å². The molecule has 3 aromatic heterocycles. The maximum Gasteiger partial charge on any atom is 0.306 e. The van der Waals surface area contributed by atoms with Crippen LogP contribution in [0.4, 0.5) is 0 Å². The summed E-state index contributed by atoms with van der Waals surface area (Å²) in [5.74, 6) is 0.418. The van der Waals surface area contributed by atoms with Gasteiger partial charge >= 0.3 is 5.97 Å². The second-order valence-corrected chi connectivity index (χ2v) is 9.89. The zero-order chi connectivity index (χ0) is 20.6. The largest absolute Gasteiger partial charge is 0.469 e. The number of methoxy groups -OCH3 is 1. The number of thiophene rings is 1. The van der Waals surface area contributed by atoms with E-state index >= 15 is 0 Å². The number of aromatic nitrogens is 3. The summed E-state index contributed by atoms with van der Waals surface area (Å²) in [6, 6.07) is 0. The molecule has 1 aliphatic heterocycles. The normalized spacial score (nSPS) is 15.6. The van der Waals surface area contributed by atoms with E-state index in [9.17, 15) is 4.79 Å².